The van der Waals surface area contributed by atoms with E-state index >= 15 is 0 Å². The quantitative estimate of drug-likeness (QED) is 0.366. The maximum absolute atomic E-state index is 5.76. The molecule has 29 heavy (non-hydrogen) atoms. The Labute approximate surface area is 175 Å². The predicted molar refractivity (Wildman–Crippen MR) is 118 cm³/mol. The summed E-state index contributed by atoms with van der Waals surface area (Å²) in [6.07, 6.45) is 0. The number of halogens is 1. The third-order valence-electron chi connectivity index (χ3n) is 5.05. The van der Waals surface area contributed by atoms with Gasteiger partial charge in [0.15, 0.2) is 11.6 Å². The van der Waals surface area contributed by atoms with E-state index in [0.717, 1.165) is 45.1 Å². The zero-order valence-electron chi connectivity index (χ0n) is 16.0. The third kappa shape index (κ3) is 2.98. The minimum atomic E-state index is 0.390. The summed E-state index contributed by atoms with van der Waals surface area (Å²) in [6.45, 7) is 0. The molecule has 5 aromatic rings. The predicted octanol–water partition coefficient (Wildman–Crippen LogP) is 4.92. The molecular formula is C22H18BrN5O. The van der Waals surface area contributed by atoms with Crippen LogP contribution in [0.4, 0.5) is 0 Å². The molecule has 0 N–H and O–H groups in total. The minimum absolute atomic E-state index is 0.390. The molecular weight excluding hydrogens is 430 g/mol. The first kappa shape index (κ1) is 17.9. The van der Waals surface area contributed by atoms with E-state index in [1.54, 1.807) is 0 Å². The van der Waals surface area contributed by atoms with Gasteiger partial charge in [0.25, 0.3) is 0 Å². The minimum Gasteiger partial charge on any atom is -0.482 e. The highest BCUT2D eigenvalue weighted by Crippen LogP contribution is 2.30. The molecule has 3 heterocycles. The Hall–Kier alpha value is -3.19. The highest BCUT2D eigenvalue weighted by Gasteiger charge is 2.17. The van der Waals surface area contributed by atoms with Crippen LogP contribution >= 0.6 is 15.9 Å². The lowest BCUT2D eigenvalue weighted by Crippen LogP contribution is -2.01. The summed E-state index contributed by atoms with van der Waals surface area (Å²) in [5.74, 6) is 2.28. The van der Waals surface area contributed by atoms with Gasteiger partial charge in [-0.1, -0.05) is 24.3 Å². The molecule has 0 aliphatic heterocycles. The van der Waals surface area contributed by atoms with Gasteiger partial charge < -0.3 is 13.9 Å². The smallest absolute Gasteiger partial charge is 0.159 e. The fourth-order valence-electron chi connectivity index (χ4n) is 3.63. The Bertz CT molecular complexity index is 1260. The van der Waals surface area contributed by atoms with Gasteiger partial charge in [-0.15, -0.1) is 0 Å². The lowest BCUT2D eigenvalue weighted by molar-refractivity contribution is 0.398. The maximum atomic E-state index is 5.76. The number of nitrogens with zero attached hydrogens (tertiary/aromatic N) is 5. The maximum Gasteiger partial charge on any atom is 0.159 e. The van der Waals surface area contributed by atoms with Crippen LogP contribution in [0.25, 0.3) is 45.1 Å². The number of aromatic nitrogens is 5. The van der Waals surface area contributed by atoms with Crippen LogP contribution in [-0.4, -0.2) is 29.6 Å². The molecule has 0 radical (unpaired) electrons. The fourth-order valence-corrected chi connectivity index (χ4v) is 3.89. The summed E-state index contributed by atoms with van der Waals surface area (Å²) >= 11 is 3.35. The van der Waals surface area contributed by atoms with Crippen LogP contribution in [-0.2, 0) is 14.1 Å². The second-order valence-electron chi connectivity index (χ2n) is 6.79. The molecule has 0 saturated heterocycles. The molecule has 0 aliphatic carbocycles. The van der Waals surface area contributed by atoms with Crippen molar-refractivity contribution < 1.29 is 4.74 Å². The summed E-state index contributed by atoms with van der Waals surface area (Å²) in [7, 11) is 4.00. The van der Waals surface area contributed by atoms with E-state index in [9.17, 15) is 0 Å². The molecule has 0 atom stereocenters. The Morgan fingerprint density at radius 1 is 0.759 bits per heavy atom. The normalized spacial score (nSPS) is 11.4. The Balaban J connectivity index is 1.73. The number of hydrogen-bond donors (Lipinski definition) is 0. The molecule has 6 nitrogen and oxygen atoms in total. The highest BCUT2D eigenvalue weighted by molar-refractivity contribution is 9.09. The Morgan fingerprint density at radius 2 is 1.24 bits per heavy atom. The topological polar surface area (TPSA) is 57.8 Å². The van der Waals surface area contributed by atoms with Gasteiger partial charge >= 0.3 is 0 Å². The number of alkyl halides is 1. The van der Waals surface area contributed by atoms with Gasteiger partial charge in [-0.3, -0.25) is 0 Å². The zero-order chi connectivity index (χ0) is 20.0. The van der Waals surface area contributed by atoms with E-state index < -0.39 is 0 Å². The van der Waals surface area contributed by atoms with Crippen molar-refractivity contribution in [2.45, 2.75) is 0 Å². The van der Waals surface area contributed by atoms with E-state index in [4.69, 9.17) is 19.7 Å². The summed E-state index contributed by atoms with van der Waals surface area (Å²) in [4.78, 5) is 14.5. The van der Waals surface area contributed by atoms with Crippen molar-refractivity contribution >= 4 is 38.0 Å². The van der Waals surface area contributed by atoms with Crippen molar-refractivity contribution in [1.82, 2.24) is 24.1 Å². The largest absolute Gasteiger partial charge is 0.482 e. The van der Waals surface area contributed by atoms with Crippen molar-refractivity contribution in [2.24, 2.45) is 14.1 Å². The van der Waals surface area contributed by atoms with Gasteiger partial charge in [0, 0.05) is 26.2 Å². The molecule has 0 amide bonds. The lowest BCUT2D eigenvalue weighted by Gasteiger charge is -2.09. The third-order valence-corrected chi connectivity index (χ3v) is 5.28. The number of rotatable bonds is 4. The number of ether oxygens (including phenoxy) is 1. The van der Waals surface area contributed by atoms with Crippen LogP contribution in [0, 0.1) is 0 Å². The van der Waals surface area contributed by atoms with E-state index in [1.165, 1.54) is 0 Å². The van der Waals surface area contributed by atoms with Crippen molar-refractivity contribution in [2.75, 3.05) is 5.52 Å². The van der Waals surface area contributed by atoms with Crippen LogP contribution in [0.3, 0.4) is 0 Å². The summed E-state index contributed by atoms with van der Waals surface area (Å²) in [5, 5.41) is 0. The number of para-hydroxylation sites is 4. The van der Waals surface area contributed by atoms with E-state index in [-0.39, 0.29) is 0 Å². The van der Waals surface area contributed by atoms with Gasteiger partial charge in [-0.25, -0.2) is 15.0 Å². The molecule has 0 spiro atoms. The zero-order valence-corrected chi connectivity index (χ0v) is 17.6. The second kappa shape index (κ2) is 7.00. The van der Waals surface area contributed by atoms with Crippen LogP contribution in [0.5, 0.6) is 5.75 Å². The standard InChI is InChI=1S/C22H18BrN5O/c1-27-19-9-5-3-7-15(19)25-21(27)17-11-14(29-13-23)12-18(24-17)22-26-16-8-4-6-10-20(16)28(22)2/h3-12H,13H2,1-2H3. The van der Waals surface area contributed by atoms with Crippen molar-refractivity contribution in [3.63, 3.8) is 0 Å². The first-order valence-corrected chi connectivity index (χ1v) is 10.3. The number of hydrogen-bond acceptors (Lipinski definition) is 4. The molecule has 144 valence electrons. The first-order valence-electron chi connectivity index (χ1n) is 9.20. The molecule has 0 bridgehead atoms. The number of pyridine rings is 1. The Morgan fingerprint density at radius 3 is 1.69 bits per heavy atom. The molecule has 0 aliphatic rings. The Kier molecular flexibility index (Phi) is 4.32. The van der Waals surface area contributed by atoms with Gasteiger partial charge in [0.2, 0.25) is 0 Å². The van der Waals surface area contributed by atoms with E-state index in [0.29, 0.717) is 11.3 Å². The number of fused-ring (bicyclic) bond motifs is 2. The molecule has 7 heteroatoms. The number of aryl methyl sites for hydroxylation is 2. The van der Waals surface area contributed by atoms with Gasteiger partial charge in [-0.05, 0) is 40.2 Å². The number of imidazole rings is 2. The molecule has 3 aromatic heterocycles. The fraction of sp³-hybridized carbons (Fsp3) is 0.136. The molecule has 2 aromatic carbocycles. The van der Waals surface area contributed by atoms with Crippen molar-refractivity contribution in [3.05, 3.63) is 60.7 Å². The van der Waals surface area contributed by atoms with Gasteiger partial charge in [-0.2, -0.15) is 0 Å². The lowest BCUT2D eigenvalue weighted by atomic mass is 10.2. The van der Waals surface area contributed by atoms with Crippen LogP contribution < -0.4 is 4.74 Å². The van der Waals surface area contributed by atoms with Crippen molar-refractivity contribution in [3.8, 4) is 28.8 Å². The molecule has 0 unspecified atom stereocenters. The summed E-state index contributed by atoms with van der Waals surface area (Å²) in [6, 6.07) is 19.9. The molecule has 0 fully saturated rings. The second-order valence-corrected chi connectivity index (χ2v) is 7.25. The SMILES string of the molecule is Cn1c(-c2cc(OCBr)cc(-c3nc4ccccc4n3C)n2)nc2ccccc21. The summed E-state index contributed by atoms with van der Waals surface area (Å²) < 4.78 is 9.86. The van der Waals surface area contributed by atoms with E-state index in [2.05, 4.69) is 28.1 Å². The van der Waals surface area contributed by atoms with E-state index in [1.807, 2.05) is 71.8 Å². The van der Waals surface area contributed by atoms with Crippen molar-refractivity contribution in [1.29, 1.82) is 0 Å². The van der Waals surface area contributed by atoms with Crippen LogP contribution in [0.15, 0.2) is 60.7 Å². The summed E-state index contributed by atoms with van der Waals surface area (Å²) in [5.41, 5.74) is 5.85. The van der Waals surface area contributed by atoms with Crippen LogP contribution in [0.1, 0.15) is 0 Å². The van der Waals surface area contributed by atoms with Crippen LogP contribution in [0.2, 0.25) is 0 Å². The number of benzene rings is 2. The monoisotopic (exact) mass is 447 g/mol. The first-order chi connectivity index (χ1) is 14.2. The average molecular weight is 448 g/mol. The highest BCUT2D eigenvalue weighted by atomic mass is 79.9. The van der Waals surface area contributed by atoms with Gasteiger partial charge in [0.1, 0.15) is 22.7 Å². The van der Waals surface area contributed by atoms with Gasteiger partial charge in [0.05, 0.1) is 22.1 Å². The molecule has 0 saturated carbocycles. The average Bonchev–Trinajstić information content (AvgIpc) is 3.26. The molecule has 5 rings (SSSR count).